The fourth-order valence-electron chi connectivity index (χ4n) is 1.79. The van der Waals surface area contributed by atoms with Crippen LogP contribution in [0.4, 0.5) is 13.2 Å². The van der Waals surface area contributed by atoms with E-state index >= 15 is 0 Å². The van der Waals surface area contributed by atoms with Gasteiger partial charge in [-0.1, -0.05) is 24.3 Å². The van der Waals surface area contributed by atoms with Crippen LogP contribution in [0, 0.1) is 5.41 Å². The monoisotopic (exact) mass is 273 g/mol. The number of halogens is 3. The SMILES string of the molecule is CC(C)N(Cc1ccccc1C(=N)N)CC(F)(F)F. The van der Waals surface area contributed by atoms with E-state index in [0.29, 0.717) is 11.1 Å². The molecule has 0 atom stereocenters. The second kappa shape index (κ2) is 6.06. The molecule has 0 aliphatic rings. The zero-order chi connectivity index (χ0) is 14.6. The van der Waals surface area contributed by atoms with Gasteiger partial charge in [0.15, 0.2) is 0 Å². The number of hydrogen-bond acceptors (Lipinski definition) is 2. The molecule has 0 fully saturated rings. The standard InChI is InChI=1S/C13H18F3N3/c1-9(2)19(8-13(14,15)16)7-10-5-3-4-6-11(10)12(17)18/h3-6,9H,7-8H2,1-2H3,(H3,17,18). The highest BCUT2D eigenvalue weighted by Crippen LogP contribution is 2.21. The van der Waals surface area contributed by atoms with Gasteiger partial charge < -0.3 is 5.73 Å². The van der Waals surface area contributed by atoms with Crippen molar-refractivity contribution in [2.45, 2.75) is 32.6 Å². The molecule has 6 heteroatoms. The third-order valence-corrected chi connectivity index (χ3v) is 2.79. The zero-order valence-corrected chi connectivity index (χ0v) is 11.0. The van der Waals surface area contributed by atoms with Crippen molar-refractivity contribution in [3.63, 3.8) is 0 Å². The number of amidine groups is 1. The molecule has 0 spiro atoms. The van der Waals surface area contributed by atoms with E-state index in [1.54, 1.807) is 38.1 Å². The van der Waals surface area contributed by atoms with Gasteiger partial charge in [0, 0.05) is 18.2 Å². The van der Waals surface area contributed by atoms with Crippen LogP contribution in [0.1, 0.15) is 25.0 Å². The molecule has 0 saturated heterocycles. The van der Waals surface area contributed by atoms with Gasteiger partial charge >= 0.3 is 6.18 Å². The summed E-state index contributed by atoms with van der Waals surface area (Å²) in [6.45, 7) is 2.56. The number of nitrogens with two attached hydrogens (primary N) is 1. The van der Waals surface area contributed by atoms with Gasteiger partial charge in [-0.15, -0.1) is 0 Å². The maximum atomic E-state index is 12.5. The molecular weight excluding hydrogens is 255 g/mol. The predicted molar refractivity (Wildman–Crippen MR) is 69.1 cm³/mol. The molecule has 3 N–H and O–H groups in total. The van der Waals surface area contributed by atoms with E-state index < -0.39 is 12.7 Å². The van der Waals surface area contributed by atoms with Crippen LogP contribution in [0.5, 0.6) is 0 Å². The summed E-state index contributed by atoms with van der Waals surface area (Å²) in [5.74, 6) is -0.133. The number of nitrogen functional groups attached to an aromatic ring is 1. The molecule has 0 heterocycles. The molecule has 0 aromatic heterocycles. The average molecular weight is 273 g/mol. The first-order valence-electron chi connectivity index (χ1n) is 5.94. The average Bonchev–Trinajstić information content (AvgIpc) is 2.26. The van der Waals surface area contributed by atoms with Crippen LogP contribution in [0.3, 0.4) is 0 Å². The summed E-state index contributed by atoms with van der Waals surface area (Å²) in [7, 11) is 0. The zero-order valence-electron chi connectivity index (χ0n) is 11.0. The van der Waals surface area contributed by atoms with Crippen LogP contribution >= 0.6 is 0 Å². The first-order valence-corrected chi connectivity index (χ1v) is 5.94. The number of rotatable bonds is 5. The lowest BCUT2D eigenvalue weighted by Crippen LogP contribution is -2.39. The Hall–Kier alpha value is -1.56. The van der Waals surface area contributed by atoms with E-state index in [4.69, 9.17) is 11.1 Å². The van der Waals surface area contributed by atoms with Crippen molar-refractivity contribution in [3.05, 3.63) is 35.4 Å². The molecule has 1 rings (SSSR count). The van der Waals surface area contributed by atoms with E-state index in [-0.39, 0.29) is 18.4 Å². The quantitative estimate of drug-likeness (QED) is 0.640. The minimum Gasteiger partial charge on any atom is -0.384 e. The summed E-state index contributed by atoms with van der Waals surface area (Å²) in [6, 6.07) is 6.53. The lowest BCUT2D eigenvalue weighted by Gasteiger charge is -2.28. The normalized spacial score (nSPS) is 12.2. The Balaban J connectivity index is 2.94. The summed E-state index contributed by atoms with van der Waals surface area (Å²) in [5, 5.41) is 7.44. The number of alkyl halides is 3. The number of nitrogens with zero attached hydrogens (tertiary/aromatic N) is 1. The molecule has 1 aromatic carbocycles. The molecule has 1 aromatic rings. The van der Waals surface area contributed by atoms with Crippen LogP contribution in [0.15, 0.2) is 24.3 Å². The lowest BCUT2D eigenvalue weighted by molar-refractivity contribution is -0.150. The van der Waals surface area contributed by atoms with Crippen molar-refractivity contribution in [2.24, 2.45) is 5.73 Å². The Kier molecular flexibility index (Phi) is 4.94. The Morgan fingerprint density at radius 2 is 1.89 bits per heavy atom. The molecule has 0 aliphatic carbocycles. The van der Waals surface area contributed by atoms with E-state index in [2.05, 4.69) is 0 Å². The highest BCUT2D eigenvalue weighted by molar-refractivity contribution is 5.96. The molecule has 0 bridgehead atoms. The second-order valence-electron chi connectivity index (χ2n) is 4.68. The Morgan fingerprint density at radius 1 is 1.32 bits per heavy atom. The minimum atomic E-state index is -4.24. The van der Waals surface area contributed by atoms with Crippen molar-refractivity contribution in [2.75, 3.05) is 6.54 Å². The molecule has 0 radical (unpaired) electrons. The Morgan fingerprint density at radius 3 is 2.37 bits per heavy atom. The molecule has 0 aliphatic heterocycles. The molecule has 0 amide bonds. The Labute approximate surface area is 110 Å². The molecular formula is C13H18F3N3. The molecule has 0 unspecified atom stereocenters. The van der Waals surface area contributed by atoms with Gasteiger partial charge in [-0.3, -0.25) is 10.3 Å². The second-order valence-corrected chi connectivity index (χ2v) is 4.68. The van der Waals surface area contributed by atoms with Crippen molar-refractivity contribution < 1.29 is 13.2 Å². The first-order chi connectivity index (χ1) is 8.70. The van der Waals surface area contributed by atoms with Gasteiger partial charge in [0.25, 0.3) is 0 Å². The van der Waals surface area contributed by atoms with Gasteiger partial charge in [0.1, 0.15) is 5.84 Å². The van der Waals surface area contributed by atoms with Gasteiger partial charge in [0.2, 0.25) is 0 Å². The van der Waals surface area contributed by atoms with Crippen molar-refractivity contribution >= 4 is 5.84 Å². The topological polar surface area (TPSA) is 53.1 Å². The molecule has 19 heavy (non-hydrogen) atoms. The van der Waals surface area contributed by atoms with Crippen LogP contribution in [-0.2, 0) is 6.54 Å². The number of nitrogens with one attached hydrogen (secondary N) is 1. The fraction of sp³-hybridized carbons (Fsp3) is 0.462. The minimum absolute atomic E-state index is 0.118. The summed E-state index contributed by atoms with van der Waals surface area (Å²) in [4.78, 5) is 1.31. The summed E-state index contributed by atoms with van der Waals surface area (Å²) in [5.41, 5.74) is 6.55. The van der Waals surface area contributed by atoms with Crippen LogP contribution in [-0.4, -0.2) is 29.5 Å². The van der Waals surface area contributed by atoms with Gasteiger partial charge in [-0.05, 0) is 19.4 Å². The van der Waals surface area contributed by atoms with Gasteiger partial charge in [-0.2, -0.15) is 13.2 Å². The third kappa shape index (κ3) is 4.90. The van der Waals surface area contributed by atoms with Crippen LogP contribution in [0.25, 0.3) is 0 Å². The van der Waals surface area contributed by atoms with Crippen molar-refractivity contribution in [3.8, 4) is 0 Å². The first kappa shape index (κ1) is 15.5. The third-order valence-electron chi connectivity index (χ3n) is 2.79. The van der Waals surface area contributed by atoms with E-state index in [9.17, 15) is 13.2 Å². The Bertz CT molecular complexity index is 441. The maximum Gasteiger partial charge on any atom is 0.401 e. The van der Waals surface area contributed by atoms with Crippen LogP contribution in [0.2, 0.25) is 0 Å². The number of hydrogen-bond donors (Lipinski definition) is 2. The van der Waals surface area contributed by atoms with Gasteiger partial charge in [0.05, 0.1) is 6.54 Å². The lowest BCUT2D eigenvalue weighted by atomic mass is 10.1. The summed E-state index contributed by atoms with van der Waals surface area (Å²) < 4.78 is 37.6. The predicted octanol–water partition coefficient (Wildman–Crippen LogP) is 2.74. The van der Waals surface area contributed by atoms with Crippen LogP contribution < -0.4 is 5.73 Å². The van der Waals surface area contributed by atoms with E-state index in [1.807, 2.05) is 0 Å². The highest BCUT2D eigenvalue weighted by atomic mass is 19.4. The van der Waals surface area contributed by atoms with E-state index in [1.165, 1.54) is 4.90 Å². The number of benzene rings is 1. The summed E-state index contributed by atoms with van der Waals surface area (Å²) >= 11 is 0. The van der Waals surface area contributed by atoms with Gasteiger partial charge in [-0.25, -0.2) is 0 Å². The largest absolute Gasteiger partial charge is 0.401 e. The molecule has 106 valence electrons. The molecule has 3 nitrogen and oxygen atoms in total. The highest BCUT2D eigenvalue weighted by Gasteiger charge is 2.32. The summed E-state index contributed by atoms with van der Waals surface area (Å²) in [6.07, 6.45) is -4.24. The van der Waals surface area contributed by atoms with E-state index in [0.717, 1.165) is 0 Å². The fourth-order valence-corrected chi connectivity index (χ4v) is 1.79. The smallest absolute Gasteiger partial charge is 0.384 e. The van der Waals surface area contributed by atoms with Crippen molar-refractivity contribution in [1.29, 1.82) is 5.41 Å². The van der Waals surface area contributed by atoms with Crippen molar-refractivity contribution in [1.82, 2.24) is 4.90 Å². The molecule has 0 saturated carbocycles. The maximum absolute atomic E-state index is 12.5.